The highest BCUT2D eigenvalue weighted by molar-refractivity contribution is 5.76. The highest BCUT2D eigenvalue weighted by Crippen LogP contribution is 2.11. The number of hydrogen-bond donors (Lipinski definition) is 2. The molecule has 0 atom stereocenters. The summed E-state index contributed by atoms with van der Waals surface area (Å²) in [6.07, 6.45) is 0.893. The summed E-state index contributed by atoms with van der Waals surface area (Å²) >= 11 is 0. The van der Waals surface area contributed by atoms with Gasteiger partial charge in [0.2, 0.25) is 5.91 Å². The van der Waals surface area contributed by atoms with Gasteiger partial charge in [0, 0.05) is 13.0 Å². The van der Waals surface area contributed by atoms with E-state index in [0.29, 0.717) is 19.4 Å². The summed E-state index contributed by atoms with van der Waals surface area (Å²) in [6, 6.07) is 7.71. The summed E-state index contributed by atoms with van der Waals surface area (Å²) in [7, 11) is 0. The molecule has 19 heavy (non-hydrogen) atoms. The van der Waals surface area contributed by atoms with Crippen LogP contribution in [-0.4, -0.2) is 30.1 Å². The van der Waals surface area contributed by atoms with Gasteiger partial charge in [-0.15, -0.1) is 0 Å². The fourth-order valence-electron chi connectivity index (χ4n) is 1.45. The van der Waals surface area contributed by atoms with Crippen molar-refractivity contribution in [3.8, 4) is 5.75 Å². The minimum absolute atomic E-state index is 0.0500. The molecule has 0 heterocycles. The Morgan fingerprint density at radius 1 is 1.21 bits per heavy atom. The van der Waals surface area contributed by atoms with Crippen LogP contribution in [0.2, 0.25) is 0 Å². The van der Waals surface area contributed by atoms with Crippen molar-refractivity contribution in [3.63, 3.8) is 0 Å². The molecule has 2 N–H and O–H groups in total. The van der Waals surface area contributed by atoms with E-state index in [0.717, 1.165) is 5.75 Å². The molecular weight excluding hydrogens is 246 g/mol. The second kappa shape index (κ2) is 8.13. The Kier molecular flexibility index (Phi) is 6.43. The SMILES string of the molecule is Cc1ccc(OCCCC(=O)NCCC(=O)O)cc1. The minimum Gasteiger partial charge on any atom is -0.494 e. The average molecular weight is 265 g/mol. The molecule has 0 unspecified atom stereocenters. The lowest BCUT2D eigenvalue weighted by atomic mass is 10.2. The van der Waals surface area contributed by atoms with E-state index >= 15 is 0 Å². The maximum absolute atomic E-state index is 11.3. The molecule has 0 aliphatic carbocycles. The molecule has 1 aromatic rings. The van der Waals surface area contributed by atoms with Gasteiger partial charge in [0.05, 0.1) is 13.0 Å². The number of carboxylic acids is 1. The van der Waals surface area contributed by atoms with Gasteiger partial charge >= 0.3 is 5.97 Å². The van der Waals surface area contributed by atoms with Crippen molar-refractivity contribution in [2.24, 2.45) is 0 Å². The summed E-state index contributed by atoms with van der Waals surface area (Å²) in [5, 5.41) is 11.0. The average Bonchev–Trinajstić information content (AvgIpc) is 2.36. The lowest BCUT2D eigenvalue weighted by Crippen LogP contribution is -2.26. The van der Waals surface area contributed by atoms with Gasteiger partial charge in [-0.25, -0.2) is 0 Å². The molecule has 0 bridgehead atoms. The Labute approximate surface area is 112 Å². The van der Waals surface area contributed by atoms with Crippen LogP contribution in [0.4, 0.5) is 0 Å². The third-order valence-electron chi connectivity index (χ3n) is 2.50. The summed E-state index contributed by atoms with van der Waals surface area (Å²) < 4.78 is 5.48. The second-order valence-corrected chi connectivity index (χ2v) is 4.26. The largest absolute Gasteiger partial charge is 0.494 e. The number of carbonyl (C=O) groups is 2. The molecule has 1 rings (SSSR count). The first kappa shape index (κ1) is 15.0. The highest BCUT2D eigenvalue weighted by Gasteiger charge is 2.02. The van der Waals surface area contributed by atoms with E-state index in [2.05, 4.69) is 5.32 Å². The van der Waals surface area contributed by atoms with Crippen LogP contribution in [0.3, 0.4) is 0 Å². The molecule has 0 spiro atoms. The maximum atomic E-state index is 11.3. The van der Waals surface area contributed by atoms with Crippen molar-refractivity contribution in [1.29, 1.82) is 0 Å². The first-order chi connectivity index (χ1) is 9.08. The zero-order valence-corrected chi connectivity index (χ0v) is 11.0. The Hall–Kier alpha value is -2.04. The molecule has 5 heteroatoms. The summed E-state index contributed by atoms with van der Waals surface area (Å²) in [5.74, 6) is -0.270. The maximum Gasteiger partial charge on any atom is 0.305 e. The zero-order chi connectivity index (χ0) is 14.1. The molecule has 0 aliphatic heterocycles. The van der Waals surface area contributed by atoms with E-state index in [1.807, 2.05) is 31.2 Å². The normalized spacial score (nSPS) is 9.95. The van der Waals surface area contributed by atoms with Crippen molar-refractivity contribution in [3.05, 3.63) is 29.8 Å². The van der Waals surface area contributed by atoms with Gasteiger partial charge < -0.3 is 15.2 Å². The van der Waals surface area contributed by atoms with E-state index in [9.17, 15) is 9.59 Å². The number of hydrogen-bond acceptors (Lipinski definition) is 3. The highest BCUT2D eigenvalue weighted by atomic mass is 16.5. The van der Waals surface area contributed by atoms with Crippen molar-refractivity contribution in [1.82, 2.24) is 5.32 Å². The van der Waals surface area contributed by atoms with Crippen molar-refractivity contribution >= 4 is 11.9 Å². The minimum atomic E-state index is -0.914. The van der Waals surface area contributed by atoms with Crippen molar-refractivity contribution in [2.45, 2.75) is 26.2 Å². The fraction of sp³-hybridized carbons (Fsp3) is 0.429. The van der Waals surface area contributed by atoms with Crippen LogP contribution < -0.4 is 10.1 Å². The fourth-order valence-corrected chi connectivity index (χ4v) is 1.45. The summed E-state index contributed by atoms with van der Waals surface area (Å²) in [4.78, 5) is 21.6. The molecule has 1 aromatic carbocycles. The second-order valence-electron chi connectivity index (χ2n) is 4.26. The lowest BCUT2D eigenvalue weighted by Gasteiger charge is -2.06. The molecular formula is C14H19NO4. The number of aryl methyl sites for hydroxylation is 1. The van der Waals surface area contributed by atoms with E-state index in [4.69, 9.17) is 9.84 Å². The predicted molar refractivity (Wildman–Crippen MR) is 71.2 cm³/mol. The third kappa shape index (κ3) is 7.08. The number of aliphatic carboxylic acids is 1. The zero-order valence-electron chi connectivity index (χ0n) is 11.0. The van der Waals surface area contributed by atoms with Crippen LogP contribution in [0.25, 0.3) is 0 Å². The Morgan fingerprint density at radius 2 is 1.89 bits per heavy atom. The van der Waals surface area contributed by atoms with Gasteiger partial charge in [-0.2, -0.15) is 0 Å². The first-order valence-corrected chi connectivity index (χ1v) is 6.26. The lowest BCUT2D eigenvalue weighted by molar-refractivity contribution is -0.136. The molecule has 1 amide bonds. The number of ether oxygens (including phenoxy) is 1. The van der Waals surface area contributed by atoms with Gasteiger partial charge in [-0.05, 0) is 25.5 Å². The molecule has 0 fully saturated rings. The van der Waals surface area contributed by atoms with Gasteiger partial charge in [0.1, 0.15) is 5.75 Å². The Bertz CT molecular complexity index is 414. The number of benzene rings is 1. The third-order valence-corrected chi connectivity index (χ3v) is 2.50. The monoisotopic (exact) mass is 265 g/mol. The number of amides is 1. The van der Waals surface area contributed by atoms with Crippen LogP contribution >= 0.6 is 0 Å². The van der Waals surface area contributed by atoms with Crippen LogP contribution in [0.15, 0.2) is 24.3 Å². The van der Waals surface area contributed by atoms with Crippen LogP contribution in [0.5, 0.6) is 5.75 Å². The first-order valence-electron chi connectivity index (χ1n) is 6.26. The van der Waals surface area contributed by atoms with Crippen molar-refractivity contribution < 1.29 is 19.4 Å². The number of nitrogens with one attached hydrogen (secondary N) is 1. The van der Waals surface area contributed by atoms with Gasteiger partial charge in [-0.1, -0.05) is 17.7 Å². The van der Waals surface area contributed by atoms with E-state index in [1.54, 1.807) is 0 Å². The Morgan fingerprint density at radius 3 is 2.53 bits per heavy atom. The summed E-state index contributed by atoms with van der Waals surface area (Å²) in [5.41, 5.74) is 1.17. The van der Waals surface area contributed by atoms with Gasteiger partial charge in [0.25, 0.3) is 0 Å². The smallest absolute Gasteiger partial charge is 0.305 e. The van der Waals surface area contributed by atoms with E-state index < -0.39 is 5.97 Å². The number of carboxylic acid groups (broad SMARTS) is 1. The Balaban J connectivity index is 2.08. The molecule has 0 saturated carbocycles. The van der Waals surface area contributed by atoms with Crippen molar-refractivity contribution in [2.75, 3.05) is 13.2 Å². The standard InChI is InChI=1S/C14H19NO4/c1-11-4-6-12(7-5-11)19-10-2-3-13(16)15-9-8-14(17)18/h4-7H,2-3,8-10H2,1H3,(H,15,16)(H,17,18). The molecule has 0 radical (unpaired) electrons. The quantitative estimate of drug-likeness (QED) is 0.702. The molecule has 5 nitrogen and oxygen atoms in total. The van der Waals surface area contributed by atoms with E-state index in [-0.39, 0.29) is 18.9 Å². The van der Waals surface area contributed by atoms with Crippen LogP contribution in [0, 0.1) is 6.92 Å². The molecule has 0 aliphatic rings. The van der Waals surface area contributed by atoms with Gasteiger partial charge in [0.15, 0.2) is 0 Å². The van der Waals surface area contributed by atoms with Crippen LogP contribution in [-0.2, 0) is 9.59 Å². The molecule has 0 saturated heterocycles. The topological polar surface area (TPSA) is 75.6 Å². The number of carbonyl (C=O) groups excluding carboxylic acids is 1. The molecule has 0 aromatic heterocycles. The van der Waals surface area contributed by atoms with Gasteiger partial charge in [-0.3, -0.25) is 9.59 Å². The molecule has 104 valence electrons. The predicted octanol–water partition coefficient (Wildman–Crippen LogP) is 1.74. The van der Waals surface area contributed by atoms with E-state index in [1.165, 1.54) is 5.56 Å². The van der Waals surface area contributed by atoms with Crippen LogP contribution in [0.1, 0.15) is 24.8 Å². The number of rotatable bonds is 8. The summed E-state index contributed by atoms with van der Waals surface area (Å²) in [6.45, 7) is 2.65.